The number of nitrogens with zero attached hydrogens (tertiary/aromatic N) is 1. The molecular formula is C15H13NO4. The number of aliphatic carboxylic acids is 1. The van der Waals surface area contributed by atoms with Gasteiger partial charge in [-0.1, -0.05) is 18.2 Å². The Morgan fingerprint density at radius 2 is 2.00 bits per heavy atom. The van der Waals surface area contributed by atoms with Crippen molar-refractivity contribution in [2.45, 2.75) is 19.4 Å². The number of para-hydroxylation sites is 1. The molecule has 1 N–H and O–H groups in total. The maximum absolute atomic E-state index is 12.5. The fourth-order valence-electron chi connectivity index (χ4n) is 2.50. The summed E-state index contributed by atoms with van der Waals surface area (Å²) >= 11 is 0. The van der Waals surface area contributed by atoms with Crippen LogP contribution in [0, 0.1) is 6.92 Å². The van der Waals surface area contributed by atoms with Crippen molar-refractivity contribution in [1.82, 2.24) is 0 Å². The maximum atomic E-state index is 12.5. The Balaban J connectivity index is 2.04. The lowest BCUT2D eigenvalue weighted by Crippen LogP contribution is -2.42. The van der Waals surface area contributed by atoms with Crippen molar-refractivity contribution in [3.63, 3.8) is 0 Å². The van der Waals surface area contributed by atoms with E-state index < -0.39 is 17.9 Å². The van der Waals surface area contributed by atoms with E-state index in [1.54, 1.807) is 31.2 Å². The van der Waals surface area contributed by atoms with Crippen molar-refractivity contribution < 1.29 is 19.1 Å². The molecule has 1 amide bonds. The van der Waals surface area contributed by atoms with Crippen LogP contribution in [0.2, 0.25) is 0 Å². The number of amides is 1. The van der Waals surface area contributed by atoms with E-state index >= 15 is 0 Å². The molecular weight excluding hydrogens is 258 g/mol. The Kier molecular flexibility index (Phi) is 2.82. The summed E-state index contributed by atoms with van der Waals surface area (Å²) in [4.78, 5) is 25.2. The van der Waals surface area contributed by atoms with Crippen molar-refractivity contribution in [2.24, 2.45) is 0 Å². The van der Waals surface area contributed by atoms with Gasteiger partial charge in [-0.25, -0.2) is 4.79 Å². The molecule has 0 saturated heterocycles. The summed E-state index contributed by atoms with van der Waals surface area (Å²) in [6, 6.07) is 9.59. The van der Waals surface area contributed by atoms with Crippen LogP contribution in [-0.2, 0) is 11.2 Å². The molecule has 2 aromatic rings. The molecule has 1 aromatic heterocycles. The van der Waals surface area contributed by atoms with Crippen molar-refractivity contribution in [3.05, 3.63) is 53.5 Å². The number of benzene rings is 1. The van der Waals surface area contributed by atoms with Crippen LogP contribution in [0.4, 0.5) is 5.69 Å². The minimum absolute atomic E-state index is 0.158. The fraction of sp³-hybridized carbons (Fsp3) is 0.200. The Hall–Kier alpha value is -2.56. The molecule has 1 aliphatic rings. The van der Waals surface area contributed by atoms with Gasteiger partial charge in [-0.3, -0.25) is 9.69 Å². The summed E-state index contributed by atoms with van der Waals surface area (Å²) in [6.07, 6.45) is 0.316. The third-order valence-electron chi connectivity index (χ3n) is 3.43. The first-order valence-corrected chi connectivity index (χ1v) is 6.28. The molecule has 5 nitrogen and oxygen atoms in total. The van der Waals surface area contributed by atoms with Gasteiger partial charge < -0.3 is 9.52 Å². The third-order valence-corrected chi connectivity index (χ3v) is 3.43. The molecule has 1 atom stereocenters. The number of fused-ring (bicyclic) bond motifs is 1. The topological polar surface area (TPSA) is 70.8 Å². The van der Waals surface area contributed by atoms with Crippen LogP contribution >= 0.6 is 0 Å². The SMILES string of the molecule is Cc1ccc(C(=O)N2c3ccccc3CC2C(=O)O)o1. The second-order valence-electron chi connectivity index (χ2n) is 4.77. The quantitative estimate of drug-likeness (QED) is 0.909. The molecule has 102 valence electrons. The number of carboxylic acids is 1. The minimum Gasteiger partial charge on any atom is -0.480 e. The van der Waals surface area contributed by atoms with Gasteiger partial charge in [-0.2, -0.15) is 0 Å². The molecule has 0 spiro atoms. The number of carbonyl (C=O) groups excluding carboxylic acids is 1. The molecule has 1 aliphatic heterocycles. The molecule has 0 saturated carbocycles. The van der Waals surface area contributed by atoms with E-state index in [1.165, 1.54) is 4.90 Å². The van der Waals surface area contributed by atoms with Crippen LogP contribution in [0.25, 0.3) is 0 Å². The summed E-state index contributed by atoms with van der Waals surface area (Å²) in [5, 5.41) is 9.33. The van der Waals surface area contributed by atoms with Crippen LogP contribution in [0.5, 0.6) is 0 Å². The highest BCUT2D eigenvalue weighted by Gasteiger charge is 2.39. The van der Waals surface area contributed by atoms with Gasteiger partial charge in [0.25, 0.3) is 5.91 Å². The van der Waals surface area contributed by atoms with Gasteiger partial charge in [0.05, 0.1) is 0 Å². The van der Waals surface area contributed by atoms with Crippen molar-refractivity contribution >= 4 is 17.6 Å². The average Bonchev–Trinajstić information content (AvgIpc) is 3.01. The fourth-order valence-corrected chi connectivity index (χ4v) is 2.50. The standard InChI is InChI=1S/C15H13NO4/c1-9-6-7-13(20-9)14(17)16-11-5-3-2-4-10(11)8-12(16)15(18)19/h2-7,12H,8H2,1H3,(H,18,19). The zero-order valence-electron chi connectivity index (χ0n) is 10.9. The number of rotatable bonds is 2. The Bertz CT molecular complexity index is 689. The lowest BCUT2D eigenvalue weighted by atomic mass is 10.1. The first-order chi connectivity index (χ1) is 9.58. The average molecular weight is 271 g/mol. The van der Waals surface area contributed by atoms with E-state index in [9.17, 15) is 14.7 Å². The van der Waals surface area contributed by atoms with E-state index in [4.69, 9.17) is 4.42 Å². The van der Waals surface area contributed by atoms with Crippen LogP contribution in [0.3, 0.4) is 0 Å². The Morgan fingerprint density at radius 1 is 1.25 bits per heavy atom. The molecule has 0 radical (unpaired) electrons. The molecule has 5 heteroatoms. The number of carbonyl (C=O) groups is 2. The van der Waals surface area contributed by atoms with E-state index in [-0.39, 0.29) is 5.76 Å². The Labute approximate surface area is 115 Å². The predicted molar refractivity (Wildman–Crippen MR) is 71.8 cm³/mol. The van der Waals surface area contributed by atoms with E-state index in [2.05, 4.69) is 0 Å². The van der Waals surface area contributed by atoms with Crippen LogP contribution in [-0.4, -0.2) is 23.0 Å². The number of anilines is 1. The molecule has 1 aromatic carbocycles. The molecule has 2 heterocycles. The third kappa shape index (κ3) is 1.87. The highest BCUT2D eigenvalue weighted by molar-refractivity contribution is 6.09. The van der Waals surface area contributed by atoms with Crippen molar-refractivity contribution in [1.29, 1.82) is 0 Å². The number of hydrogen-bond donors (Lipinski definition) is 1. The first kappa shape index (κ1) is 12.5. The number of carboxylic acid groups (broad SMARTS) is 1. The molecule has 0 aliphatic carbocycles. The minimum atomic E-state index is -1.02. The van der Waals surface area contributed by atoms with Crippen molar-refractivity contribution in [2.75, 3.05) is 4.90 Å². The van der Waals surface area contributed by atoms with Gasteiger partial charge >= 0.3 is 5.97 Å². The van der Waals surface area contributed by atoms with Gasteiger partial charge in [-0.15, -0.1) is 0 Å². The Morgan fingerprint density at radius 3 is 2.65 bits per heavy atom. The highest BCUT2D eigenvalue weighted by atomic mass is 16.4. The van der Waals surface area contributed by atoms with Gasteiger partial charge in [0.1, 0.15) is 11.8 Å². The summed E-state index contributed by atoms with van der Waals surface area (Å²) in [6.45, 7) is 1.74. The van der Waals surface area contributed by atoms with Crippen LogP contribution < -0.4 is 4.90 Å². The molecule has 0 fully saturated rings. The summed E-state index contributed by atoms with van der Waals surface area (Å²) in [7, 11) is 0. The van der Waals surface area contributed by atoms with Crippen LogP contribution in [0.15, 0.2) is 40.8 Å². The van der Waals surface area contributed by atoms with Crippen molar-refractivity contribution in [3.8, 4) is 0 Å². The molecule has 3 rings (SSSR count). The van der Waals surface area contributed by atoms with E-state index in [1.807, 2.05) is 12.1 Å². The van der Waals surface area contributed by atoms with Gasteiger partial charge in [0.15, 0.2) is 5.76 Å². The lowest BCUT2D eigenvalue weighted by molar-refractivity contribution is -0.138. The zero-order valence-corrected chi connectivity index (χ0v) is 10.9. The number of hydrogen-bond acceptors (Lipinski definition) is 3. The lowest BCUT2D eigenvalue weighted by Gasteiger charge is -2.21. The van der Waals surface area contributed by atoms with E-state index in [0.717, 1.165) is 5.56 Å². The van der Waals surface area contributed by atoms with E-state index in [0.29, 0.717) is 17.9 Å². The summed E-state index contributed by atoms with van der Waals surface area (Å²) < 4.78 is 5.32. The number of aryl methyl sites for hydroxylation is 1. The zero-order chi connectivity index (χ0) is 14.3. The highest BCUT2D eigenvalue weighted by Crippen LogP contribution is 2.33. The number of furan rings is 1. The predicted octanol–water partition coefficient (Wildman–Crippen LogP) is 2.24. The normalized spacial score (nSPS) is 17.1. The summed E-state index contributed by atoms with van der Waals surface area (Å²) in [5.41, 5.74) is 1.50. The van der Waals surface area contributed by atoms with Gasteiger partial charge in [0, 0.05) is 12.1 Å². The van der Waals surface area contributed by atoms with Crippen LogP contribution in [0.1, 0.15) is 21.9 Å². The second-order valence-corrected chi connectivity index (χ2v) is 4.77. The summed E-state index contributed by atoms with van der Waals surface area (Å²) in [5.74, 6) is -0.661. The van der Waals surface area contributed by atoms with Gasteiger partial charge in [0.2, 0.25) is 0 Å². The molecule has 0 bridgehead atoms. The first-order valence-electron chi connectivity index (χ1n) is 6.28. The second kappa shape index (κ2) is 4.52. The van der Waals surface area contributed by atoms with Gasteiger partial charge in [-0.05, 0) is 30.7 Å². The largest absolute Gasteiger partial charge is 0.480 e. The smallest absolute Gasteiger partial charge is 0.327 e. The molecule has 20 heavy (non-hydrogen) atoms. The molecule has 1 unspecified atom stereocenters. The monoisotopic (exact) mass is 271 g/mol. The maximum Gasteiger partial charge on any atom is 0.327 e.